The van der Waals surface area contributed by atoms with Crippen molar-refractivity contribution < 1.29 is 43.9 Å². The number of carboxylic acid groups (broad SMARTS) is 1. The average molecular weight is 532 g/mol. The van der Waals surface area contributed by atoms with Crippen LogP contribution in [0.25, 0.3) is 0 Å². The standard InChI is InChI=1S/C28H37NO9/c1-26(2,33)7-4-9-28(34,15-22(30)31)25(32)38-24-21(35-3)14-27-8-5-10-29(27)11-6-17-12-19-20(37-16-36-19)13-18(17)23(24)27/h12-14,23-24,33-34H,4-11,15-16H2,1-3H3,(H,30,31)/t23-,24?,27-,28+/m1/s1. The van der Waals surface area contributed by atoms with E-state index in [-0.39, 0.29) is 32.0 Å². The second-order valence-electron chi connectivity index (χ2n) is 11.6. The van der Waals surface area contributed by atoms with Crippen LogP contribution in [0, 0.1) is 0 Å². The highest BCUT2D eigenvalue weighted by atomic mass is 16.7. The zero-order valence-electron chi connectivity index (χ0n) is 22.2. The normalized spacial score (nSPS) is 27.4. The first-order valence-electron chi connectivity index (χ1n) is 13.3. The van der Waals surface area contributed by atoms with Crippen molar-refractivity contribution in [1.82, 2.24) is 4.90 Å². The lowest BCUT2D eigenvalue weighted by Crippen LogP contribution is -2.49. The second-order valence-corrected chi connectivity index (χ2v) is 11.6. The van der Waals surface area contributed by atoms with Gasteiger partial charge in [-0.1, -0.05) is 0 Å². The van der Waals surface area contributed by atoms with Gasteiger partial charge in [-0.2, -0.15) is 0 Å². The Labute approximate surface area is 222 Å². The molecule has 4 atom stereocenters. The van der Waals surface area contributed by atoms with Crippen molar-refractivity contribution in [2.45, 2.75) is 87.6 Å². The number of esters is 1. The van der Waals surface area contributed by atoms with Gasteiger partial charge in [0.2, 0.25) is 6.79 Å². The lowest BCUT2D eigenvalue weighted by Gasteiger charge is -2.39. The van der Waals surface area contributed by atoms with Gasteiger partial charge in [0.05, 0.1) is 30.6 Å². The Kier molecular flexibility index (Phi) is 6.86. The highest BCUT2D eigenvalue weighted by Gasteiger charge is 2.59. The van der Waals surface area contributed by atoms with Crippen LogP contribution in [0.2, 0.25) is 0 Å². The summed E-state index contributed by atoms with van der Waals surface area (Å²) in [5.74, 6) is -0.843. The van der Waals surface area contributed by atoms with E-state index in [1.165, 1.54) is 7.11 Å². The number of hydrogen-bond acceptors (Lipinski definition) is 9. The van der Waals surface area contributed by atoms with Crippen molar-refractivity contribution in [3.05, 3.63) is 35.1 Å². The molecular formula is C28H37NO9. The summed E-state index contributed by atoms with van der Waals surface area (Å²) in [7, 11) is 1.53. The van der Waals surface area contributed by atoms with Crippen LogP contribution < -0.4 is 9.47 Å². The fraction of sp³-hybridized carbons (Fsp3) is 0.643. The van der Waals surface area contributed by atoms with Gasteiger partial charge in [0.1, 0.15) is 5.76 Å². The Morgan fingerprint density at radius 2 is 1.89 bits per heavy atom. The highest BCUT2D eigenvalue weighted by molar-refractivity contribution is 5.85. The fourth-order valence-corrected chi connectivity index (χ4v) is 6.65. The SMILES string of the molecule is COC1=C[C@@]23CCCN2CCc2cc4c(cc2[C@@H]3C1OC(=O)[C@](O)(CCCC(C)(C)O)CC(=O)O)OCO4. The third-order valence-electron chi connectivity index (χ3n) is 8.40. The molecule has 5 rings (SSSR count). The zero-order valence-corrected chi connectivity index (χ0v) is 22.2. The summed E-state index contributed by atoms with van der Waals surface area (Å²) in [6, 6.07) is 3.96. The largest absolute Gasteiger partial charge is 0.497 e. The topological polar surface area (TPSA) is 135 Å². The molecule has 3 aliphatic heterocycles. The van der Waals surface area contributed by atoms with Crippen molar-refractivity contribution in [2.75, 3.05) is 27.0 Å². The van der Waals surface area contributed by atoms with Crippen LogP contribution in [0.3, 0.4) is 0 Å². The van der Waals surface area contributed by atoms with Crippen LogP contribution in [0.15, 0.2) is 24.0 Å². The molecule has 1 aromatic rings. The highest BCUT2D eigenvalue weighted by Crippen LogP contribution is 2.55. The van der Waals surface area contributed by atoms with E-state index >= 15 is 0 Å². The number of benzene rings is 1. The average Bonchev–Trinajstić information content (AvgIpc) is 3.51. The maximum atomic E-state index is 13.6. The molecule has 0 amide bonds. The van der Waals surface area contributed by atoms with Gasteiger partial charge in [0.15, 0.2) is 23.2 Å². The summed E-state index contributed by atoms with van der Waals surface area (Å²) >= 11 is 0. The van der Waals surface area contributed by atoms with Crippen LogP contribution >= 0.6 is 0 Å². The quantitative estimate of drug-likeness (QED) is 0.408. The summed E-state index contributed by atoms with van der Waals surface area (Å²) < 4.78 is 23.1. The molecule has 4 aliphatic rings. The molecule has 3 N–H and O–H groups in total. The predicted molar refractivity (Wildman–Crippen MR) is 135 cm³/mol. The van der Waals surface area contributed by atoms with E-state index in [4.69, 9.17) is 18.9 Å². The number of aliphatic hydroxyl groups is 2. The van der Waals surface area contributed by atoms with E-state index in [0.717, 1.165) is 43.5 Å². The number of carbonyl (C=O) groups is 2. The number of carbonyl (C=O) groups excluding carboxylic acids is 1. The smallest absolute Gasteiger partial charge is 0.339 e. The van der Waals surface area contributed by atoms with Crippen molar-refractivity contribution in [2.24, 2.45) is 0 Å². The first-order valence-corrected chi connectivity index (χ1v) is 13.3. The zero-order chi connectivity index (χ0) is 27.3. The monoisotopic (exact) mass is 531 g/mol. The summed E-state index contributed by atoms with van der Waals surface area (Å²) in [4.78, 5) is 27.6. The van der Waals surface area contributed by atoms with Crippen LogP contribution in [0.4, 0.5) is 0 Å². The number of hydrogen-bond donors (Lipinski definition) is 3. The minimum atomic E-state index is -2.25. The minimum Gasteiger partial charge on any atom is -0.497 e. The second kappa shape index (κ2) is 9.73. The molecule has 1 aromatic carbocycles. The fourth-order valence-electron chi connectivity index (χ4n) is 6.65. The molecule has 1 saturated heterocycles. The molecule has 1 fully saturated rings. The molecule has 0 radical (unpaired) electrons. The molecule has 0 bridgehead atoms. The van der Waals surface area contributed by atoms with E-state index in [2.05, 4.69) is 4.90 Å². The number of methoxy groups -OCH3 is 1. The molecule has 1 aliphatic carbocycles. The third kappa shape index (κ3) is 4.74. The molecule has 10 heteroatoms. The van der Waals surface area contributed by atoms with Crippen LogP contribution in [-0.4, -0.2) is 82.0 Å². The first-order chi connectivity index (χ1) is 18.0. The summed E-state index contributed by atoms with van der Waals surface area (Å²) in [5.41, 5.74) is -1.65. The molecule has 38 heavy (non-hydrogen) atoms. The molecule has 3 heterocycles. The Hall–Kier alpha value is -2.82. The van der Waals surface area contributed by atoms with E-state index in [1.807, 2.05) is 18.2 Å². The Bertz CT molecular complexity index is 1140. The van der Waals surface area contributed by atoms with E-state index in [1.54, 1.807) is 13.8 Å². The number of nitrogens with zero attached hydrogens (tertiary/aromatic N) is 1. The van der Waals surface area contributed by atoms with Gasteiger partial charge in [-0.15, -0.1) is 0 Å². The van der Waals surface area contributed by atoms with Gasteiger partial charge in [-0.05, 0) is 88.3 Å². The third-order valence-corrected chi connectivity index (χ3v) is 8.40. The van der Waals surface area contributed by atoms with Crippen LogP contribution in [0.5, 0.6) is 11.5 Å². The summed E-state index contributed by atoms with van der Waals surface area (Å²) in [6.45, 7) is 5.10. The molecule has 1 spiro atoms. The van der Waals surface area contributed by atoms with Gasteiger partial charge in [0.25, 0.3) is 0 Å². The number of aliphatic carboxylic acids is 1. The van der Waals surface area contributed by atoms with Gasteiger partial charge >= 0.3 is 11.9 Å². The maximum Gasteiger partial charge on any atom is 0.339 e. The molecule has 10 nitrogen and oxygen atoms in total. The molecule has 0 saturated carbocycles. The lowest BCUT2D eigenvalue weighted by molar-refractivity contribution is -0.178. The maximum absolute atomic E-state index is 13.6. The number of rotatable bonds is 9. The first kappa shape index (κ1) is 26.8. The van der Waals surface area contributed by atoms with E-state index in [9.17, 15) is 24.9 Å². The minimum absolute atomic E-state index is 0.146. The Morgan fingerprint density at radius 3 is 2.58 bits per heavy atom. The van der Waals surface area contributed by atoms with Crippen molar-refractivity contribution in [3.63, 3.8) is 0 Å². The van der Waals surface area contributed by atoms with E-state index < -0.39 is 41.2 Å². The van der Waals surface area contributed by atoms with E-state index in [0.29, 0.717) is 17.3 Å². The number of fused-ring (bicyclic) bond motifs is 3. The van der Waals surface area contributed by atoms with Gasteiger partial charge < -0.3 is 34.3 Å². The summed E-state index contributed by atoms with van der Waals surface area (Å²) in [5, 5.41) is 30.9. The number of ether oxygens (including phenoxy) is 4. The van der Waals surface area contributed by atoms with Crippen molar-refractivity contribution in [3.8, 4) is 11.5 Å². The van der Waals surface area contributed by atoms with Crippen molar-refractivity contribution in [1.29, 1.82) is 0 Å². The van der Waals surface area contributed by atoms with Crippen LogP contribution in [0.1, 0.15) is 69.4 Å². The Balaban J connectivity index is 1.50. The predicted octanol–water partition coefficient (Wildman–Crippen LogP) is 2.49. The molecule has 208 valence electrons. The number of carboxylic acids is 1. The lowest BCUT2D eigenvalue weighted by atomic mass is 9.77. The Morgan fingerprint density at radius 1 is 1.16 bits per heavy atom. The van der Waals surface area contributed by atoms with Gasteiger partial charge in [-0.25, -0.2) is 4.79 Å². The van der Waals surface area contributed by atoms with Crippen molar-refractivity contribution >= 4 is 11.9 Å². The molecular weight excluding hydrogens is 494 g/mol. The molecule has 1 unspecified atom stereocenters. The summed E-state index contributed by atoms with van der Waals surface area (Å²) in [6.07, 6.45) is 3.38. The van der Waals surface area contributed by atoms with Gasteiger partial charge in [0, 0.05) is 6.54 Å². The molecule has 0 aromatic heterocycles. The van der Waals surface area contributed by atoms with Crippen LogP contribution in [-0.2, 0) is 25.5 Å². The van der Waals surface area contributed by atoms with Gasteiger partial charge in [-0.3, -0.25) is 9.69 Å².